The van der Waals surface area contributed by atoms with Crippen LogP contribution in [-0.4, -0.2) is 7.05 Å². The molecule has 1 unspecified atom stereocenters. The largest absolute Gasteiger partial charge is 0.313 e. The topological polar surface area (TPSA) is 12.0 Å². The SMILES string of the molecule is CNC(Cc1ccc(F)cc1C)c1ccc(Cl)c(C)c1. The molecular weight excluding hydrogens is 273 g/mol. The maximum absolute atomic E-state index is 13.2. The maximum Gasteiger partial charge on any atom is 0.123 e. The van der Waals surface area contributed by atoms with Gasteiger partial charge in [-0.1, -0.05) is 29.8 Å². The minimum atomic E-state index is -0.186. The predicted molar refractivity (Wildman–Crippen MR) is 82.8 cm³/mol. The molecule has 20 heavy (non-hydrogen) atoms. The molecule has 1 atom stereocenters. The Kier molecular flexibility index (Phi) is 4.79. The number of likely N-dealkylation sites (N-methyl/N-ethyl adjacent to an activating group) is 1. The molecule has 2 aromatic rings. The molecule has 0 aromatic heterocycles. The fraction of sp³-hybridized carbons (Fsp3) is 0.294. The van der Waals surface area contributed by atoms with Gasteiger partial charge in [0.2, 0.25) is 0 Å². The van der Waals surface area contributed by atoms with Gasteiger partial charge in [0, 0.05) is 11.1 Å². The third-order valence-electron chi connectivity index (χ3n) is 3.66. The van der Waals surface area contributed by atoms with Crippen LogP contribution in [0.1, 0.15) is 28.3 Å². The Bertz CT molecular complexity index is 610. The van der Waals surface area contributed by atoms with E-state index in [1.165, 1.54) is 11.6 Å². The highest BCUT2D eigenvalue weighted by Crippen LogP contribution is 2.24. The molecule has 0 spiro atoms. The first-order chi connectivity index (χ1) is 9.51. The smallest absolute Gasteiger partial charge is 0.123 e. The monoisotopic (exact) mass is 291 g/mol. The fourth-order valence-corrected chi connectivity index (χ4v) is 2.50. The summed E-state index contributed by atoms with van der Waals surface area (Å²) in [5.41, 5.74) is 4.40. The van der Waals surface area contributed by atoms with Crippen LogP contribution in [-0.2, 0) is 6.42 Å². The lowest BCUT2D eigenvalue weighted by atomic mass is 9.95. The summed E-state index contributed by atoms with van der Waals surface area (Å²) in [5, 5.41) is 4.10. The molecule has 2 rings (SSSR count). The third-order valence-corrected chi connectivity index (χ3v) is 4.09. The van der Waals surface area contributed by atoms with Crippen LogP contribution in [0.4, 0.5) is 4.39 Å². The minimum Gasteiger partial charge on any atom is -0.313 e. The number of halogens is 2. The van der Waals surface area contributed by atoms with Gasteiger partial charge in [-0.15, -0.1) is 0 Å². The summed E-state index contributed by atoms with van der Waals surface area (Å²) in [7, 11) is 1.94. The summed E-state index contributed by atoms with van der Waals surface area (Å²) in [4.78, 5) is 0. The molecule has 0 bridgehead atoms. The zero-order valence-corrected chi connectivity index (χ0v) is 12.8. The van der Waals surface area contributed by atoms with E-state index in [0.29, 0.717) is 0 Å². The Labute approximate surface area is 124 Å². The van der Waals surface area contributed by atoms with Crippen molar-refractivity contribution >= 4 is 11.6 Å². The molecule has 0 radical (unpaired) electrons. The number of hydrogen-bond donors (Lipinski definition) is 1. The number of hydrogen-bond acceptors (Lipinski definition) is 1. The standard InChI is InChI=1S/C17H19ClFN/c1-11-9-15(19)6-4-13(11)10-17(20-3)14-5-7-16(18)12(2)8-14/h4-9,17,20H,10H2,1-3H3. The van der Waals surface area contributed by atoms with Crippen molar-refractivity contribution < 1.29 is 4.39 Å². The van der Waals surface area contributed by atoms with Crippen LogP contribution in [0.5, 0.6) is 0 Å². The molecule has 0 fully saturated rings. The van der Waals surface area contributed by atoms with Crippen LogP contribution in [0, 0.1) is 19.7 Å². The minimum absolute atomic E-state index is 0.186. The van der Waals surface area contributed by atoms with E-state index in [4.69, 9.17) is 11.6 Å². The third kappa shape index (κ3) is 3.38. The first-order valence-corrected chi connectivity index (χ1v) is 7.07. The second kappa shape index (κ2) is 6.38. The molecule has 0 heterocycles. The summed E-state index contributed by atoms with van der Waals surface area (Å²) in [6.45, 7) is 3.94. The predicted octanol–water partition coefficient (Wildman–Crippen LogP) is 4.60. The Morgan fingerprint density at radius 2 is 1.85 bits per heavy atom. The van der Waals surface area contributed by atoms with Crippen molar-refractivity contribution in [1.29, 1.82) is 0 Å². The molecule has 0 saturated heterocycles. The van der Waals surface area contributed by atoms with Crippen molar-refractivity contribution in [2.24, 2.45) is 0 Å². The summed E-state index contributed by atoms with van der Waals surface area (Å²) in [5.74, 6) is -0.186. The van der Waals surface area contributed by atoms with Gasteiger partial charge in [0.15, 0.2) is 0 Å². The van der Waals surface area contributed by atoms with Gasteiger partial charge >= 0.3 is 0 Å². The zero-order valence-electron chi connectivity index (χ0n) is 12.0. The van der Waals surface area contributed by atoms with E-state index in [-0.39, 0.29) is 11.9 Å². The molecule has 0 amide bonds. The summed E-state index contributed by atoms with van der Waals surface area (Å²) in [6.07, 6.45) is 0.823. The van der Waals surface area contributed by atoms with Crippen molar-refractivity contribution in [3.05, 3.63) is 69.5 Å². The lowest BCUT2D eigenvalue weighted by Crippen LogP contribution is -2.19. The van der Waals surface area contributed by atoms with Gasteiger partial charge in [-0.3, -0.25) is 0 Å². The lowest BCUT2D eigenvalue weighted by Gasteiger charge is -2.19. The van der Waals surface area contributed by atoms with Gasteiger partial charge < -0.3 is 5.32 Å². The maximum atomic E-state index is 13.2. The van der Waals surface area contributed by atoms with Crippen LogP contribution in [0.3, 0.4) is 0 Å². The highest BCUT2D eigenvalue weighted by atomic mass is 35.5. The van der Waals surface area contributed by atoms with E-state index in [1.807, 2.05) is 39.1 Å². The van der Waals surface area contributed by atoms with Crippen molar-refractivity contribution in [2.75, 3.05) is 7.05 Å². The highest BCUT2D eigenvalue weighted by molar-refractivity contribution is 6.31. The Morgan fingerprint density at radius 3 is 2.45 bits per heavy atom. The average Bonchev–Trinajstić information content (AvgIpc) is 2.41. The number of benzene rings is 2. The summed E-state index contributed by atoms with van der Waals surface area (Å²) < 4.78 is 13.2. The number of aryl methyl sites for hydroxylation is 2. The Morgan fingerprint density at radius 1 is 1.10 bits per heavy atom. The number of nitrogens with one attached hydrogen (secondary N) is 1. The highest BCUT2D eigenvalue weighted by Gasteiger charge is 2.12. The van der Waals surface area contributed by atoms with Gasteiger partial charge in [-0.05, 0) is 67.8 Å². The molecular formula is C17H19ClFN. The van der Waals surface area contributed by atoms with E-state index in [0.717, 1.165) is 28.1 Å². The number of rotatable bonds is 4. The summed E-state index contributed by atoms with van der Waals surface area (Å²) >= 11 is 6.07. The van der Waals surface area contributed by atoms with Crippen molar-refractivity contribution in [2.45, 2.75) is 26.3 Å². The molecule has 0 aliphatic rings. The van der Waals surface area contributed by atoms with Crippen molar-refractivity contribution in [1.82, 2.24) is 5.32 Å². The van der Waals surface area contributed by atoms with Gasteiger partial charge in [0.25, 0.3) is 0 Å². The molecule has 106 valence electrons. The fourth-order valence-electron chi connectivity index (χ4n) is 2.38. The van der Waals surface area contributed by atoms with Gasteiger partial charge in [-0.2, -0.15) is 0 Å². The molecule has 0 aliphatic carbocycles. The molecule has 0 aliphatic heterocycles. The molecule has 0 saturated carbocycles. The Hall–Kier alpha value is -1.38. The molecule has 1 N–H and O–H groups in total. The second-order valence-corrected chi connectivity index (χ2v) is 5.53. The lowest BCUT2D eigenvalue weighted by molar-refractivity contribution is 0.586. The van der Waals surface area contributed by atoms with E-state index in [9.17, 15) is 4.39 Å². The van der Waals surface area contributed by atoms with Gasteiger partial charge in [-0.25, -0.2) is 4.39 Å². The van der Waals surface area contributed by atoms with Crippen LogP contribution in [0.25, 0.3) is 0 Å². The van der Waals surface area contributed by atoms with Crippen molar-refractivity contribution in [3.8, 4) is 0 Å². The van der Waals surface area contributed by atoms with Crippen LogP contribution < -0.4 is 5.32 Å². The molecule has 1 nitrogen and oxygen atoms in total. The van der Waals surface area contributed by atoms with Crippen LogP contribution in [0.15, 0.2) is 36.4 Å². The van der Waals surface area contributed by atoms with Crippen LogP contribution in [0.2, 0.25) is 5.02 Å². The van der Waals surface area contributed by atoms with Crippen LogP contribution >= 0.6 is 11.6 Å². The van der Waals surface area contributed by atoms with Gasteiger partial charge in [0.05, 0.1) is 0 Å². The second-order valence-electron chi connectivity index (χ2n) is 5.12. The molecule has 3 heteroatoms. The zero-order chi connectivity index (χ0) is 14.7. The quantitative estimate of drug-likeness (QED) is 0.868. The van der Waals surface area contributed by atoms with E-state index >= 15 is 0 Å². The first kappa shape index (κ1) is 15.0. The van der Waals surface area contributed by atoms with Gasteiger partial charge in [0.1, 0.15) is 5.82 Å². The van der Waals surface area contributed by atoms with E-state index in [1.54, 1.807) is 6.07 Å². The van der Waals surface area contributed by atoms with E-state index in [2.05, 4.69) is 11.4 Å². The first-order valence-electron chi connectivity index (χ1n) is 6.69. The molecule has 2 aromatic carbocycles. The normalized spacial score (nSPS) is 12.4. The summed E-state index contributed by atoms with van der Waals surface area (Å²) in [6, 6.07) is 11.2. The van der Waals surface area contributed by atoms with Crippen molar-refractivity contribution in [3.63, 3.8) is 0 Å². The Balaban J connectivity index is 2.26. The average molecular weight is 292 g/mol. The van der Waals surface area contributed by atoms with E-state index < -0.39 is 0 Å².